The van der Waals surface area contributed by atoms with E-state index in [1.807, 2.05) is 13.8 Å². The second kappa shape index (κ2) is 7.75. The number of halogens is 2. The predicted octanol–water partition coefficient (Wildman–Crippen LogP) is 3.23. The smallest absolute Gasteiger partial charge is 0.244 e. The highest BCUT2D eigenvalue weighted by molar-refractivity contribution is 9.10. The van der Waals surface area contributed by atoms with Gasteiger partial charge in [-0.2, -0.15) is 4.31 Å². The van der Waals surface area contributed by atoms with E-state index in [0.29, 0.717) is 17.6 Å². The van der Waals surface area contributed by atoms with Crippen LogP contribution in [-0.4, -0.2) is 39.0 Å². The van der Waals surface area contributed by atoms with Gasteiger partial charge < -0.3 is 4.74 Å². The van der Waals surface area contributed by atoms with Gasteiger partial charge in [0.2, 0.25) is 10.0 Å². The van der Waals surface area contributed by atoms with Crippen LogP contribution >= 0.6 is 27.5 Å². The molecule has 1 rings (SSSR count). The molecule has 0 N–H and O–H groups in total. The van der Waals surface area contributed by atoms with Crippen LogP contribution < -0.4 is 0 Å². The summed E-state index contributed by atoms with van der Waals surface area (Å²) in [7, 11) is -2.04. The normalized spacial score (nSPS) is 12.3. The third kappa shape index (κ3) is 4.18. The zero-order valence-corrected chi connectivity index (χ0v) is 14.9. The molecule has 0 fully saturated rings. The Morgan fingerprint density at radius 3 is 2.55 bits per heavy atom. The molecule has 0 unspecified atom stereocenters. The lowest BCUT2D eigenvalue weighted by atomic mass is 10.2. The second-order valence-electron chi connectivity index (χ2n) is 4.60. The van der Waals surface area contributed by atoms with Crippen molar-refractivity contribution in [2.45, 2.75) is 30.7 Å². The van der Waals surface area contributed by atoms with Gasteiger partial charge in [-0.15, -0.1) is 11.6 Å². The van der Waals surface area contributed by atoms with Gasteiger partial charge >= 0.3 is 0 Å². The summed E-state index contributed by atoms with van der Waals surface area (Å²) in [5.41, 5.74) is 0.767. The first-order valence-electron chi connectivity index (χ1n) is 6.19. The van der Waals surface area contributed by atoms with E-state index in [1.165, 1.54) is 4.31 Å². The van der Waals surface area contributed by atoms with E-state index in [1.54, 1.807) is 25.3 Å². The van der Waals surface area contributed by atoms with E-state index < -0.39 is 10.0 Å². The Morgan fingerprint density at radius 2 is 2.05 bits per heavy atom. The number of rotatable bonds is 7. The first-order valence-corrected chi connectivity index (χ1v) is 8.96. The number of methoxy groups -OCH3 is 1. The molecule has 0 bridgehead atoms. The summed E-state index contributed by atoms with van der Waals surface area (Å²) in [6.07, 6.45) is 0. The van der Waals surface area contributed by atoms with Crippen molar-refractivity contribution >= 4 is 37.6 Å². The van der Waals surface area contributed by atoms with Crippen LogP contribution in [0.25, 0.3) is 0 Å². The quantitative estimate of drug-likeness (QED) is 0.678. The molecule has 7 heteroatoms. The summed E-state index contributed by atoms with van der Waals surface area (Å²) in [4.78, 5) is 0.237. The zero-order chi connectivity index (χ0) is 15.3. The summed E-state index contributed by atoms with van der Waals surface area (Å²) < 4.78 is 32.5. The van der Waals surface area contributed by atoms with Crippen molar-refractivity contribution in [3.63, 3.8) is 0 Å². The minimum atomic E-state index is -3.59. The Labute approximate surface area is 134 Å². The van der Waals surface area contributed by atoms with Crippen LogP contribution in [0, 0.1) is 0 Å². The van der Waals surface area contributed by atoms with Gasteiger partial charge in [-0.1, -0.05) is 6.07 Å². The number of benzene rings is 1. The summed E-state index contributed by atoms with van der Waals surface area (Å²) in [6, 6.07) is 4.96. The highest BCUT2D eigenvalue weighted by atomic mass is 79.9. The molecule has 1 aromatic carbocycles. The lowest BCUT2D eigenvalue weighted by molar-refractivity contribution is 0.171. The third-order valence-corrected chi connectivity index (χ3v) is 6.21. The van der Waals surface area contributed by atoms with Gasteiger partial charge in [-0.25, -0.2) is 8.42 Å². The summed E-state index contributed by atoms with van der Waals surface area (Å²) in [5, 5.41) is 0. The molecule has 0 heterocycles. The van der Waals surface area contributed by atoms with Gasteiger partial charge in [0, 0.05) is 30.0 Å². The largest absolute Gasteiger partial charge is 0.383 e. The fourth-order valence-corrected chi connectivity index (χ4v) is 4.56. The van der Waals surface area contributed by atoms with Crippen LogP contribution in [0.15, 0.2) is 27.6 Å². The lowest BCUT2D eigenvalue weighted by Crippen LogP contribution is -2.39. The van der Waals surface area contributed by atoms with E-state index >= 15 is 0 Å². The molecule has 0 aromatic heterocycles. The van der Waals surface area contributed by atoms with E-state index in [0.717, 1.165) is 5.56 Å². The van der Waals surface area contributed by atoms with Crippen LogP contribution in [0.1, 0.15) is 19.4 Å². The van der Waals surface area contributed by atoms with Crippen LogP contribution in [0.4, 0.5) is 0 Å². The van der Waals surface area contributed by atoms with Gasteiger partial charge in [-0.3, -0.25) is 0 Å². The molecule has 0 aliphatic heterocycles. The molecule has 0 spiro atoms. The van der Waals surface area contributed by atoms with Gasteiger partial charge in [0.1, 0.15) is 0 Å². The summed E-state index contributed by atoms with van der Waals surface area (Å²) >= 11 is 9.08. The van der Waals surface area contributed by atoms with Crippen molar-refractivity contribution in [1.29, 1.82) is 0 Å². The van der Waals surface area contributed by atoms with Crippen molar-refractivity contribution in [3.05, 3.63) is 28.2 Å². The molecule has 4 nitrogen and oxygen atoms in total. The van der Waals surface area contributed by atoms with Crippen LogP contribution in [0.5, 0.6) is 0 Å². The van der Waals surface area contributed by atoms with Gasteiger partial charge in [0.05, 0.1) is 11.5 Å². The van der Waals surface area contributed by atoms with Gasteiger partial charge in [0.25, 0.3) is 0 Å². The molecular weight excluding hydrogens is 366 g/mol. The van der Waals surface area contributed by atoms with Crippen LogP contribution in [0.2, 0.25) is 0 Å². The first-order chi connectivity index (χ1) is 9.34. The molecule has 20 heavy (non-hydrogen) atoms. The van der Waals surface area contributed by atoms with Crippen molar-refractivity contribution in [2.75, 3.05) is 20.3 Å². The first kappa shape index (κ1) is 17.9. The predicted molar refractivity (Wildman–Crippen MR) is 84.6 cm³/mol. The molecule has 0 saturated carbocycles. The highest BCUT2D eigenvalue weighted by Crippen LogP contribution is 2.27. The number of hydrogen-bond donors (Lipinski definition) is 0. The Balaban J connectivity index is 3.25. The summed E-state index contributed by atoms with van der Waals surface area (Å²) in [6.45, 7) is 4.34. The standard InChI is InChI=1S/C13H19BrClNO3S/c1-10(2)16(6-7-19-3)20(17,18)13-8-11(9-15)4-5-12(13)14/h4-5,8,10H,6-7,9H2,1-3H3. The van der Waals surface area contributed by atoms with E-state index in [9.17, 15) is 8.42 Å². The average Bonchev–Trinajstić information content (AvgIpc) is 2.38. The number of nitrogens with zero attached hydrogens (tertiary/aromatic N) is 1. The second-order valence-corrected chi connectivity index (χ2v) is 7.58. The minimum absolute atomic E-state index is 0.151. The number of alkyl halides is 1. The molecule has 114 valence electrons. The van der Waals surface area contributed by atoms with Crippen molar-refractivity contribution in [1.82, 2.24) is 4.31 Å². The Morgan fingerprint density at radius 1 is 1.40 bits per heavy atom. The number of sulfonamides is 1. The van der Waals surface area contributed by atoms with Crippen molar-refractivity contribution in [2.24, 2.45) is 0 Å². The fourth-order valence-electron chi connectivity index (χ4n) is 1.79. The molecular formula is C13H19BrClNO3S. The number of ether oxygens (including phenoxy) is 1. The Bertz CT molecular complexity index is 549. The third-order valence-electron chi connectivity index (χ3n) is 2.83. The maximum Gasteiger partial charge on any atom is 0.244 e. The van der Waals surface area contributed by atoms with Crippen LogP contribution in [0.3, 0.4) is 0 Å². The fraction of sp³-hybridized carbons (Fsp3) is 0.538. The zero-order valence-electron chi connectivity index (χ0n) is 11.8. The molecule has 0 aliphatic rings. The number of hydrogen-bond acceptors (Lipinski definition) is 3. The van der Waals surface area contributed by atoms with E-state index in [-0.39, 0.29) is 16.8 Å². The molecule has 0 aliphatic carbocycles. The molecule has 0 amide bonds. The van der Waals surface area contributed by atoms with E-state index in [4.69, 9.17) is 16.3 Å². The van der Waals surface area contributed by atoms with Crippen LogP contribution in [-0.2, 0) is 20.6 Å². The molecule has 0 radical (unpaired) electrons. The van der Waals surface area contributed by atoms with Crippen molar-refractivity contribution < 1.29 is 13.2 Å². The van der Waals surface area contributed by atoms with Gasteiger partial charge in [0.15, 0.2) is 0 Å². The van der Waals surface area contributed by atoms with Crippen molar-refractivity contribution in [3.8, 4) is 0 Å². The highest BCUT2D eigenvalue weighted by Gasteiger charge is 2.28. The molecule has 1 aromatic rings. The minimum Gasteiger partial charge on any atom is -0.383 e. The SMILES string of the molecule is COCCN(C(C)C)S(=O)(=O)c1cc(CCl)ccc1Br. The lowest BCUT2D eigenvalue weighted by Gasteiger charge is -2.26. The maximum absolute atomic E-state index is 12.8. The Hall–Kier alpha value is -0.140. The topological polar surface area (TPSA) is 46.6 Å². The molecule has 0 saturated heterocycles. The maximum atomic E-state index is 12.8. The average molecular weight is 385 g/mol. The monoisotopic (exact) mass is 383 g/mol. The molecule has 0 atom stereocenters. The summed E-state index contributed by atoms with van der Waals surface area (Å²) in [5.74, 6) is 0.273. The van der Waals surface area contributed by atoms with Gasteiger partial charge in [-0.05, 0) is 47.5 Å². The van der Waals surface area contributed by atoms with E-state index in [2.05, 4.69) is 15.9 Å². The Kier molecular flexibility index (Phi) is 6.94.